The van der Waals surface area contributed by atoms with Crippen LogP contribution in [0.25, 0.3) is 0 Å². The minimum atomic E-state index is 0.152. The van der Waals surface area contributed by atoms with Gasteiger partial charge in [-0.05, 0) is 45.3 Å². The molecule has 2 rings (SSSR count). The summed E-state index contributed by atoms with van der Waals surface area (Å²) in [6, 6.07) is 0. The van der Waals surface area contributed by atoms with Crippen LogP contribution >= 0.6 is 0 Å². The van der Waals surface area contributed by atoms with E-state index in [1.54, 1.807) is 0 Å². The summed E-state index contributed by atoms with van der Waals surface area (Å²) >= 11 is 0. The smallest absolute Gasteiger partial charge is 0.220 e. The fourth-order valence-electron chi connectivity index (χ4n) is 2.81. The average molecular weight is 269 g/mol. The van der Waals surface area contributed by atoms with E-state index >= 15 is 0 Å². The quantitative estimate of drug-likeness (QED) is 0.749. The number of nitrogens with zero attached hydrogens (tertiary/aromatic N) is 1. The standard InChI is InChI=1S/C14H27N3O2/c1-17-7-8-19-13(11-17)10-16-14(18)5-4-12-3-2-6-15-9-12/h12-13,15H,2-11H2,1H3,(H,16,18). The highest BCUT2D eigenvalue weighted by atomic mass is 16.5. The van der Waals surface area contributed by atoms with E-state index in [4.69, 9.17) is 4.74 Å². The SMILES string of the molecule is CN1CCOC(CNC(=O)CCC2CCCNC2)C1. The van der Waals surface area contributed by atoms with E-state index in [0.29, 0.717) is 18.9 Å². The van der Waals surface area contributed by atoms with Crippen molar-refractivity contribution in [1.29, 1.82) is 0 Å². The van der Waals surface area contributed by atoms with Crippen molar-refractivity contribution >= 4 is 5.91 Å². The lowest BCUT2D eigenvalue weighted by atomic mass is 9.94. The molecule has 0 spiro atoms. The fraction of sp³-hybridized carbons (Fsp3) is 0.929. The maximum Gasteiger partial charge on any atom is 0.220 e. The summed E-state index contributed by atoms with van der Waals surface area (Å²) in [5.41, 5.74) is 0. The van der Waals surface area contributed by atoms with Crippen molar-refractivity contribution in [3.8, 4) is 0 Å². The minimum absolute atomic E-state index is 0.152. The monoisotopic (exact) mass is 269 g/mol. The number of hydrogen-bond acceptors (Lipinski definition) is 4. The van der Waals surface area contributed by atoms with Gasteiger partial charge < -0.3 is 20.3 Å². The van der Waals surface area contributed by atoms with Gasteiger partial charge in [0.15, 0.2) is 0 Å². The van der Waals surface area contributed by atoms with Gasteiger partial charge in [0.1, 0.15) is 0 Å². The molecular formula is C14H27N3O2. The molecule has 110 valence electrons. The van der Waals surface area contributed by atoms with Gasteiger partial charge in [0.25, 0.3) is 0 Å². The number of morpholine rings is 1. The van der Waals surface area contributed by atoms with Crippen molar-refractivity contribution in [2.75, 3.05) is 46.4 Å². The van der Waals surface area contributed by atoms with Crippen molar-refractivity contribution in [2.45, 2.75) is 31.8 Å². The summed E-state index contributed by atoms with van der Waals surface area (Å²) in [4.78, 5) is 14.1. The first kappa shape index (κ1) is 14.8. The fourth-order valence-corrected chi connectivity index (χ4v) is 2.81. The van der Waals surface area contributed by atoms with E-state index in [2.05, 4.69) is 22.6 Å². The minimum Gasteiger partial charge on any atom is -0.374 e. The van der Waals surface area contributed by atoms with Crippen LogP contribution in [-0.2, 0) is 9.53 Å². The zero-order chi connectivity index (χ0) is 13.5. The third-order valence-electron chi connectivity index (χ3n) is 4.05. The lowest BCUT2D eigenvalue weighted by Gasteiger charge is -2.30. The number of hydrogen-bond donors (Lipinski definition) is 2. The summed E-state index contributed by atoms with van der Waals surface area (Å²) < 4.78 is 5.63. The Morgan fingerprint density at radius 2 is 2.42 bits per heavy atom. The summed E-state index contributed by atoms with van der Waals surface area (Å²) in [5, 5.41) is 6.39. The average Bonchev–Trinajstić information content (AvgIpc) is 2.44. The van der Waals surface area contributed by atoms with E-state index < -0.39 is 0 Å². The van der Waals surface area contributed by atoms with Gasteiger partial charge in [-0.2, -0.15) is 0 Å². The Morgan fingerprint density at radius 3 is 3.16 bits per heavy atom. The Kier molecular flexibility index (Phi) is 6.07. The highest BCUT2D eigenvalue weighted by molar-refractivity contribution is 5.75. The van der Waals surface area contributed by atoms with Crippen LogP contribution in [0.5, 0.6) is 0 Å². The third kappa shape index (κ3) is 5.47. The summed E-state index contributed by atoms with van der Waals surface area (Å²) in [7, 11) is 2.09. The molecule has 2 atom stereocenters. The van der Waals surface area contributed by atoms with Gasteiger partial charge in [-0.25, -0.2) is 0 Å². The van der Waals surface area contributed by atoms with Crippen LogP contribution < -0.4 is 10.6 Å². The number of rotatable bonds is 5. The number of likely N-dealkylation sites (N-methyl/N-ethyl adjacent to an activating group) is 1. The molecule has 2 saturated heterocycles. The molecule has 5 heteroatoms. The first-order valence-corrected chi connectivity index (χ1v) is 7.51. The van der Waals surface area contributed by atoms with Crippen LogP contribution in [0.2, 0.25) is 0 Å². The first-order valence-electron chi connectivity index (χ1n) is 7.51. The number of carbonyl (C=O) groups excluding carboxylic acids is 1. The first-order chi connectivity index (χ1) is 9.24. The predicted molar refractivity (Wildman–Crippen MR) is 75.1 cm³/mol. The van der Waals surface area contributed by atoms with Crippen molar-refractivity contribution in [3.63, 3.8) is 0 Å². The van der Waals surface area contributed by atoms with E-state index in [9.17, 15) is 4.79 Å². The van der Waals surface area contributed by atoms with E-state index in [1.807, 2.05) is 0 Å². The molecule has 0 aromatic heterocycles. The Bertz CT molecular complexity index is 280. The maximum absolute atomic E-state index is 11.8. The Balaban J connectivity index is 1.56. The van der Waals surface area contributed by atoms with E-state index in [1.165, 1.54) is 12.8 Å². The summed E-state index contributed by atoms with van der Waals surface area (Å²) in [6.07, 6.45) is 4.31. The van der Waals surface area contributed by atoms with Gasteiger partial charge in [-0.15, -0.1) is 0 Å². The molecule has 0 radical (unpaired) electrons. The lowest BCUT2D eigenvalue weighted by molar-refractivity contribution is -0.122. The molecular weight excluding hydrogens is 242 g/mol. The van der Waals surface area contributed by atoms with Crippen molar-refractivity contribution < 1.29 is 9.53 Å². The number of ether oxygens (including phenoxy) is 1. The summed E-state index contributed by atoms with van der Waals surface area (Å²) in [5.74, 6) is 0.846. The molecule has 5 nitrogen and oxygen atoms in total. The van der Waals surface area contributed by atoms with Crippen LogP contribution in [0.4, 0.5) is 0 Å². The maximum atomic E-state index is 11.8. The molecule has 2 unspecified atom stereocenters. The Hall–Kier alpha value is -0.650. The summed E-state index contributed by atoms with van der Waals surface area (Å²) in [6.45, 7) is 5.52. The van der Waals surface area contributed by atoms with Crippen LogP contribution in [-0.4, -0.2) is 63.3 Å². The lowest BCUT2D eigenvalue weighted by Crippen LogP contribution is -2.46. The van der Waals surface area contributed by atoms with Crippen molar-refractivity contribution in [3.05, 3.63) is 0 Å². The van der Waals surface area contributed by atoms with E-state index in [0.717, 1.165) is 39.2 Å². The van der Waals surface area contributed by atoms with Crippen molar-refractivity contribution in [2.24, 2.45) is 5.92 Å². The second-order valence-electron chi connectivity index (χ2n) is 5.81. The molecule has 2 heterocycles. The van der Waals surface area contributed by atoms with Gasteiger partial charge in [0, 0.05) is 26.1 Å². The number of amides is 1. The molecule has 0 aliphatic carbocycles. The molecule has 0 aromatic carbocycles. The highest BCUT2D eigenvalue weighted by Gasteiger charge is 2.19. The largest absolute Gasteiger partial charge is 0.374 e. The molecule has 2 N–H and O–H groups in total. The molecule has 0 bridgehead atoms. The molecule has 0 aromatic rings. The molecule has 1 amide bonds. The van der Waals surface area contributed by atoms with Gasteiger partial charge in [0.05, 0.1) is 12.7 Å². The molecule has 19 heavy (non-hydrogen) atoms. The molecule has 2 aliphatic heterocycles. The van der Waals surface area contributed by atoms with Crippen LogP contribution in [0.1, 0.15) is 25.7 Å². The Morgan fingerprint density at radius 1 is 1.53 bits per heavy atom. The van der Waals surface area contributed by atoms with E-state index in [-0.39, 0.29) is 12.0 Å². The molecule has 2 aliphatic rings. The second kappa shape index (κ2) is 7.82. The zero-order valence-corrected chi connectivity index (χ0v) is 12.0. The normalized spacial score (nSPS) is 29.1. The van der Waals surface area contributed by atoms with Gasteiger partial charge >= 0.3 is 0 Å². The molecule has 2 fully saturated rings. The number of nitrogens with one attached hydrogen (secondary N) is 2. The number of carbonyl (C=O) groups is 1. The topological polar surface area (TPSA) is 53.6 Å². The van der Waals surface area contributed by atoms with Gasteiger partial charge in [-0.3, -0.25) is 4.79 Å². The van der Waals surface area contributed by atoms with Crippen LogP contribution in [0, 0.1) is 5.92 Å². The van der Waals surface area contributed by atoms with Crippen LogP contribution in [0.15, 0.2) is 0 Å². The van der Waals surface area contributed by atoms with Crippen LogP contribution in [0.3, 0.4) is 0 Å². The zero-order valence-electron chi connectivity index (χ0n) is 12.0. The van der Waals surface area contributed by atoms with Gasteiger partial charge in [-0.1, -0.05) is 0 Å². The Labute approximate surface area is 116 Å². The molecule has 0 saturated carbocycles. The predicted octanol–water partition coefficient (Wildman–Crippen LogP) is 0.213. The number of piperidine rings is 1. The van der Waals surface area contributed by atoms with Gasteiger partial charge in [0.2, 0.25) is 5.91 Å². The third-order valence-corrected chi connectivity index (χ3v) is 4.05. The second-order valence-corrected chi connectivity index (χ2v) is 5.81. The van der Waals surface area contributed by atoms with Crippen molar-refractivity contribution in [1.82, 2.24) is 15.5 Å². The highest BCUT2D eigenvalue weighted by Crippen LogP contribution is 2.15.